The maximum Gasteiger partial charge on any atom is 0.254 e. The van der Waals surface area contributed by atoms with E-state index >= 15 is 0 Å². The van der Waals surface area contributed by atoms with Gasteiger partial charge in [-0.1, -0.05) is 31.2 Å². The Kier molecular flexibility index (Phi) is 5.70. The molecular weight excluding hydrogens is 360 g/mol. The smallest absolute Gasteiger partial charge is 0.254 e. The zero-order chi connectivity index (χ0) is 18.7. The first-order valence-corrected chi connectivity index (χ1v) is 9.43. The predicted molar refractivity (Wildman–Crippen MR) is 95.1 cm³/mol. The summed E-state index contributed by atoms with van der Waals surface area (Å²) in [6.07, 6.45) is 1.70. The Morgan fingerprint density at radius 1 is 1.38 bits per heavy atom. The summed E-state index contributed by atoms with van der Waals surface area (Å²) in [4.78, 5) is 29.0. The first-order valence-electron chi connectivity index (χ1n) is 8.44. The van der Waals surface area contributed by atoms with Gasteiger partial charge < -0.3 is 5.32 Å². The molecule has 5 nitrogen and oxygen atoms in total. The van der Waals surface area contributed by atoms with Gasteiger partial charge in [-0.05, 0) is 18.6 Å². The molecule has 0 saturated carbocycles. The van der Waals surface area contributed by atoms with E-state index in [4.69, 9.17) is 0 Å². The van der Waals surface area contributed by atoms with Gasteiger partial charge in [-0.15, -0.1) is 0 Å². The third kappa shape index (κ3) is 3.95. The number of carbonyl (C=O) groups is 1. The van der Waals surface area contributed by atoms with Crippen LogP contribution in [0.3, 0.4) is 0 Å². The molecule has 2 heterocycles. The topological polar surface area (TPSA) is 64.0 Å². The molecule has 0 saturated heterocycles. The third-order valence-electron chi connectivity index (χ3n) is 4.19. The second-order valence-electron chi connectivity index (χ2n) is 6.13. The third-order valence-corrected chi connectivity index (χ3v) is 5.29. The number of halogens is 2. The zero-order valence-electron chi connectivity index (χ0n) is 14.3. The summed E-state index contributed by atoms with van der Waals surface area (Å²) in [5.74, 6) is -1.19. The van der Waals surface area contributed by atoms with Gasteiger partial charge >= 0.3 is 0 Å². The molecule has 8 heteroatoms. The van der Waals surface area contributed by atoms with Crippen molar-refractivity contribution in [3.63, 3.8) is 0 Å². The van der Waals surface area contributed by atoms with Crippen LogP contribution in [-0.2, 0) is 17.8 Å². The number of hydrogen-bond donors (Lipinski definition) is 1. The second kappa shape index (κ2) is 7.99. The number of fused-ring (bicyclic) bond motifs is 1. The van der Waals surface area contributed by atoms with Gasteiger partial charge in [0.1, 0.15) is 11.6 Å². The van der Waals surface area contributed by atoms with Crippen molar-refractivity contribution in [1.29, 1.82) is 0 Å². The first kappa shape index (κ1) is 18.6. The lowest BCUT2D eigenvalue weighted by atomic mass is 10.1. The molecule has 1 aliphatic heterocycles. The van der Waals surface area contributed by atoms with E-state index in [9.17, 15) is 18.4 Å². The Morgan fingerprint density at radius 3 is 2.81 bits per heavy atom. The molecular formula is C18H19F2N3O2S. The number of rotatable bonds is 6. The molecule has 138 valence electrons. The van der Waals surface area contributed by atoms with Crippen molar-refractivity contribution in [2.24, 2.45) is 0 Å². The molecule has 1 atom stereocenters. The monoisotopic (exact) mass is 379 g/mol. The molecule has 1 aromatic heterocycles. The van der Waals surface area contributed by atoms with Crippen LogP contribution < -0.4 is 10.9 Å². The van der Waals surface area contributed by atoms with Crippen LogP contribution in [0.5, 0.6) is 0 Å². The van der Waals surface area contributed by atoms with Crippen molar-refractivity contribution in [3.8, 4) is 0 Å². The van der Waals surface area contributed by atoms with Crippen LogP contribution in [0.1, 0.15) is 37.1 Å². The van der Waals surface area contributed by atoms with E-state index in [0.29, 0.717) is 10.9 Å². The SMILES string of the molecule is CCCc1cc(=O)n2c(n1)SCC2CC(=O)NCc1c(F)cccc1F. The van der Waals surface area contributed by atoms with Gasteiger partial charge in [-0.25, -0.2) is 13.8 Å². The molecule has 1 unspecified atom stereocenters. The predicted octanol–water partition coefficient (Wildman–Crippen LogP) is 2.83. The van der Waals surface area contributed by atoms with Crippen molar-refractivity contribution in [1.82, 2.24) is 14.9 Å². The highest BCUT2D eigenvalue weighted by Gasteiger charge is 2.27. The van der Waals surface area contributed by atoms with Gasteiger partial charge in [0.2, 0.25) is 5.91 Å². The molecule has 1 N–H and O–H groups in total. The highest BCUT2D eigenvalue weighted by molar-refractivity contribution is 7.99. The number of thioether (sulfide) groups is 1. The second-order valence-corrected chi connectivity index (χ2v) is 7.12. The summed E-state index contributed by atoms with van der Waals surface area (Å²) >= 11 is 1.44. The van der Waals surface area contributed by atoms with E-state index in [1.165, 1.54) is 28.5 Å². The summed E-state index contributed by atoms with van der Waals surface area (Å²) in [6, 6.07) is 4.77. The number of aryl methyl sites for hydroxylation is 1. The molecule has 26 heavy (non-hydrogen) atoms. The number of benzene rings is 1. The Bertz CT molecular complexity index is 865. The van der Waals surface area contributed by atoms with Gasteiger partial charge in [0.05, 0.1) is 6.04 Å². The molecule has 0 aliphatic carbocycles. The molecule has 3 rings (SSSR count). The summed E-state index contributed by atoms with van der Waals surface area (Å²) in [7, 11) is 0. The maximum absolute atomic E-state index is 13.6. The minimum atomic E-state index is -0.698. The van der Waals surface area contributed by atoms with Crippen LogP contribution in [0.25, 0.3) is 0 Å². The molecule has 1 aliphatic rings. The Hall–Kier alpha value is -2.22. The van der Waals surface area contributed by atoms with Gasteiger partial charge in [0.15, 0.2) is 5.16 Å². The van der Waals surface area contributed by atoms with Crippen molar-refractivity contribution in [3.05, 3.63) is 57.5 Å². The molecule has 1 aromatic carbocycles. The fourth-order valence-corrected chi connectivity index (χ4v) is 4.08. The number of aromatic nitrogens is 2. The molecule has 1 amide bonds. The maximum atomic E-state index is 13.6. The standard InChI is InChI=1S/C18H19F2N3O2S/c1-2-4-11-7-17(25)23-12(10-26-18(23)22-11)8-16(24)21-9-13-14(19)5-3-6-15(13)20/h3,5-7,12H,2,4,8-10H2,1H3,(H,21,24). The van der Waals surface area contributed by atoms with E-state index in [0.717, 1.165) is 30.7 Å². The summed E-state index contributed by atoms with van der Waals surface area (Å²) < 4.78 is 28.8. The van der Waals surface area contributed by atoms with E-state index in [2.05, 4.69) is 10.3 Å². The van der Waals surface area contributed by atoms with Crippen LogP contribution >= 0.6 is 11.8 Å². The lowest BCUT2D eigenvalue weighted by Crippen LogP contribution is -2.31. The van der Waals surface area contributed by atoms with Crippen LogP contribution in [0.4, 0.5) is 8.78 Å². The number of nitrogens with zero attached hydrogens (tertiary/aromatic N) is 2. The van der Waals surface area contributed by atoms with Crippen LogP contribution in [0.2, 0.25) is 0 Å². The highest BCUT2D eigenvalue weighted by Crippen LogP contribution is 2.32. The number of nitrogens with one attached hydrogen (secondary N) is 1. The number of amides is 1. The van der Waals surface area contributed by atoms with Gasteiger partial charge in [0.25, 0.3) is 5.56 Å². The summed E-state index contributed by atoms with van der Waals surface area (Å²) in [5, 5.41) is 3.15. The number of carbonyl (C=O) groups excluding carboxylic acids is 1. The largest absolute Gasteiger partial charge is 0.352 e. The van der Waals surface area contributed by atoms with Crippen molar-refractivity contribution >= 4 is 17.7 Å². The van der Waals surface area contributed by atoms with Gasteiger partial charge in [0, 0.05) is 36.0 Å². The molecule has 0 bridgehead atoms. The van der Waals surface area contributed by atoms with Crippen LogP contribution in [0.15, 0.2) is 34.2 Å². The Balaban J connectivity index is 1.66. The van der Waals surface area contributed by atoms with Gasteiger partial charge in [-0.3, -0.25) is 14.2 Å². The Morgan fingerprint density at radius 2 is 2.12 bits per heavy atom. The number of hydrogen-bond acceptors (Lipinski definition) is 4. The van der Waals surface area contributed by atoms with Crippen molar-refractivity contribution in [2.75, 3.05) is 5.75 Å². The minimum Gasteiger partial charge on any atom is -0.352 e. The summed E-state index contributed by atoms with van der Waals surface area (Å²) in [5.41, 5.74) is 0.419. The quantitative estimate of drug-likeness (QED) is 0.784. The lowest BCUT2D eigenvalue weighted by molar-refractivity contribution is -0.121. The molecule has 2 aromatic rings. The van der Waals surface area contributed by atoms with E-state index in [1.54, 1.807) is 0 Å². The normalized spacial score (nSPS) is 15.7. The van der Waals surface area contributed by atoms with Crippen molar-refractivity contribution < 1.29 is 13.6 Å². The van der Waals surface area contributed by atoms with Crippen LogP contribution in [-0.4, -0.2) is 21.2 Å². The zero-order valence-corrected chi connectivity index (χ0v) is 15.1. The van der Waals surface area contributed by atoms with E-state index in [1.807, 2.05) is 6.92 Å². The van der Waals surface area contributed by atoms with Crippen LogP contribution in [0, 0.1) is 11.6 Å². The lowest BCUT2D eigenvalue weighted by Gasteiger charge is -2.14. The molecule has 0 fully saturated rings. The highest BCUT2D eigenvalue weighted by atomic mass is 32.2. The Labute approximate surface area is 153 Å². The van der Waals surface area contributed by atoms with Gasteiger partial charge in [-0.2, -0.15) is 0 Å². The fraction of sp³-hybridized carbons (Fsp3) is 0.389. The minimum absolute atomic E-state index is 0.0603. The summed E-state index contributed by atoms with van der Waals surface area (Å²) in [6.45, 7) is 1.79. The van der Waals surface area contributed by atoms with E-state index < -0.39 is 11.6 Å². The first-order chi connectivity index (χ1) is 12.5. The average Bonchev–Trinajstić information content (AvgIpc) is 2.98. The molecule has 0 spiro atoms. The average molecular weight is 379 g/mol. The van der Waals surface area contributed by atoms with E-state index in [-0.39, 0.29) is 36.0 Å². The van der Waals surface area contributed by atoms with Crippen molar-refractivity contribution in [2.45, 2.75) is 43.9 Å². The molecule has 0 radical (unpaired) electrons. The fourth-order valence-electron chi connectivity index (χ4n) is 2.91.